The standard InChI is InChI=1S/C17H28N2O/c1-2-5-14(9-11-20)12-18-13-16-7-3-6-15-8-4-10-19-17(15)16/h3,6-7,14,18-20H,2,4-5,8-13H2,1H3. The van der Waals surface area contributed by atoms with Crippen molar-refractivity contribution in [2.75, 3.05) is 25.0 Å². The number of aliphatic hydroxyl groups is 1. The minimum absolute atomic E-state index is 0.300. The second kappa shape index (κ2) is 8.28. The second-order valence-electron chi connectivity index (χ2n) is 5.78. The molecule has 0 aromatic heterocycles. The summed E-state index contributed by atoms with van der Waals surface area (Å²) in [6, 6.07) is 6.61. The molecule has 0 fully saturated rings. The molecule has 1 aliphatic rings. The molecule has 1 aliphatic heterocycles. The SMILES string of the molecule is CCCC(CCO)CNCc1cccc2c1NCCC2. The van der Waals surface area contributed by atoms with Gasteiger partial charge in [0.25, 0.3) is 0 Å². The fourth-order valence-corrected chi connectivity index (χ4v) is 3.08. The molecule has 1 atom stereocenters. The number of hydrogen-bond donors (Lipinski definition) is 3. The zero-order chi connectivity index (χ0) is 14.2. The first kappa shape index (κ1) is 15.3. The van der Waals surface area contributed by atoms with Crippen LogP contribution in [0.5, 0.6) is 0 Å². The molecule has 0 saturated carbocycles. The van der Waals surface area contributed by atoms with Gasteiger partial charge < -0.3 is 15.7 Å². The van der Waals surface area contributed by atoms with E-state index in [4.69, 9.17) is 5.11 Å². The predicted octanol–water partition coefficient (Wildman–Crippen LogP) is 2.93. The monoisotopic (exact) mass is 276 g/mol. The third-order valence-corrected chi connectivity index (χ3v) is 4.14. The maximum atomic E-state index is 9.10. The summed E-state index contributed by atoms with van der Waals surface area (Å²) in [5.74, 6) is 0.595. The molecule has 3 heteroatoms. The summed E-state index contributed by atoms with van der Waals surface area (Å²) in [6.45, 7) is 5.52. The molecule has 1 aromatic rings. The molecule has 0 aliphatic carbocycles. The molecule has 1 unspecified atom stereocenters. The third kappa shape index (κ3) is 4.22. The van der Waals surface area contributed by atoms with Gasteiger partial charge in [-0.3, -0.25) is 0 Å². The Kier molecular flexibility index (Phi) is 6.34. The van der Waals surface area contributed by atoms with Crippen LogP contribution in [-0.4, -0.2) is 24.8 Å². The van der Waals surface area contributed by atoms with Crippen LogP contribution in [0.2, 0.25) is 0 Å². The minimum Gasteiger partial charge on any atom is -0.396 e. The largest absolute Gasteiger partial charge is 0.396 e. The first-order valence-corrected chi connectivity index (χ1v) is 8.01. The number of rotatable bonds is 8. The highest BCUT2D eigenvalue weighted by Crippen LogP contribution is 2.25. The van der Waals surface area contributed by atoms with Crippen LogP contribution in [0.3, 0.4) is 0 Å². The van der Waals surface area contributed by atoms with E-state index in [1.165, 1.54) is 42.5 Å². The molecule has 0 saturated heterocycles. The number of anilines is 1. The summed E-state index contributed by atoms with van der Waals surface area (Å²) < 4.78 is 0. The first-order chi connectivity index (χ1) is 9.85. The molecule has 20 heavy (non-hydrogen) atoms. The molecule has 3 N–H and O–H groups in total. The number of nitrogens with one attached hydrogen (secondary N) is 2. The zero-order valence-corrected chi connectivity index (χ0v) is 12.6. The van der Waals surface area contributed by atoms with Gasteiger partial charge >= 0.3 is 0 Å². The highest BCUT2D eigenvalue weighted by atomic mass is 16.3. The van der Waals surface area contributed by atoms with Crippen molar-refractivity contribution in [2.45, 2.75) is 45.6 Å². The molecule has 1 aromatic carbocycles. The summed E-state index contributed by atoms with van der Waals surface area (Å²) in [7, 11) is 0. The molecule has 1 heterocycles. The highest BCUT2D eigenvalue weighted by molar-refractivity contribution is 5.59. The molecule has 0 radical (unpaired) electrons. The van der Waals surface area contributed by atoms with E-state index in [0.29, 0.717) is 12.5 Å². The molecule has 0 amide bonds. The Labute approximate surface area is 122 Å². The van der Waals surface area contributed by atoms with Crippen LogP contribution >= 0.6 is 0 Å². The van der Waals surface area contributed by atoms with Crippen LogP contribution in [-0.2, 0) is 13.0 Å². The maximum Gasteiger partial charge on any atom is 0.0434 e. The first-order valence-electron chi connectivity index (χ1n) is 8.01. The van der Waals surface area contributed by atoms with Crippen molar-refractivity contribution in [3.8, 4) is 0 Å². The topological polar surface area (TPSA) is 44.3 Å². The smallest absolute Gasteiger partial charge is 0.0434 e. The van der Waals surface area contributed by atoms with Crippen molar-refractivity contribution in [3.63, 3.8) is 0 Å². The van der Waals surface area contributed by atoms with Gasteiger partial charge in [-0.15, -0.1) is 0 Å². The van der Waals surface area contributed by atoms with Crippen LogP contribution < -0.4 is 10.6 Å². The lowest BCUT2D eigenvalue weighted by atomic mass is 9.98. The van der Waals surface area contributed by atoms with E-state index >= 15 is 0 Å². The molecule has 0 spiro atoms. The van der Waals surface area contributed by atoms with Crippen LogP contribution in [0.4, 0.5) is 5.69 Å². The summed E-state index contributed by atoms with van der Waals surface area (Å²) in [6.07, 6.45) is 5.72. The van der Waals surface area contributed by atoms with Gasteiger partial charge in [-0.05, 0) is 49.3 Å². The van der Waals surface area contributed by atoms with E-state index in [0.717, 1.165) is 26.1 Å². The van der Waals surface area contributed by atoms with E-state index < -0.39 is 0 Å². The van der Waals surface area contributed by atoms with Crippen LogP contribution in [0.25, 0.3) is 0 Å². The van der Waals surface area contributed by atoms with Gasteiger partial charge in [0.05, 0.1) is 0 Å². The van der Waals surface area contributed by atoms with Crippen molar-refractivity contribution >= 4 is 5.69 Å². The van der Waals surface area contributed by atoms with Gasteiger partial charge in [-0.1, -0.05) is 31.5 Å². The zero-order valence-electron chi connectivity index (χ0n) is 12.6. The molecular weight excluding hydrogens is 248 g/mol. The number of benzene rings is 1. The van der Waals surface area contributed by atoms with Crippen LogP contribution in [0.1, 0.15) is 43.7 Å². The van der Waals surface area contributed by atoms with Gasteiger partial charge in [-0.2, -0.15) is 0 Å². The summed E-state index contributed by atoms with van der Waals surface area (Å²) in [5.41, 5.74) is 4.18. The Morgan fingerprint density at radius 1 is 1.35 bits per heavy atom. The lowest BCUT2D eigenvalue weighted by Gasteiger charge is -2.22. The van der Waals surface area contributed by atoms with Crippen molar-refractivity contribution in [1.82, 2.24) is 5.32 Å². The Hall–Kier alpha value is -1.06. The van der Waals surface area contributed by atoms with Crippen molar-refractivity contribution in [3.05, 3.63) is 29.3 Å². The quantitative estimate of drug-likeness (QED) is 0.684. The minimum atomic E-state index is 0.300. The molecular formula is C17H28N2O. The number of fused-ring (bicyclic) bond motifs is 1. The lowest BCUT2D eigenvalue weighted by molar-refractivity contribution is 0.248. The van der Waals surface area contributed by atoms with Crippen LogP contribution in [0, 0.1) is 5.92 Å². The van der Waals surface area contributed by atoms with Gasteiger partial charge in [0.1, 0.15) is 0 Å². The normalized spacial score (nSPS) is 15.5. The Balaban J connectivity index is 1.87. The Morgan fingerprint density at radius 2 is 2.25 bits per heavy atom. The third-order valence-electron chi connectivity index (χ3n) is 4.14. The van der Waals surface area contributed by atoms with E-state index in [-0.39, 0.29) is 0 Å². The number of para-hydroxylation sites is 1. The fraction of sp³-hybridized carbons (Fsp3) is 0.647. The average Bonchev–Trinajstić information content (AvgIpc) is 2.48. The van der Waals surface area contributed by atoms with Crippen LogP contribution in [0.15, 0.2) is 18.2 Å². The Morgan fingerprint density at radius 3 is 3.05 bits per heavy atom. The van der Waals surface area contributed by atoms with Gasteiger partial charge in [0.2, 0.25) is 0 Å². The van der Waals surface area contributed by atoms with E-state index in [9.17, 15) is 0 Å². The lowest BCUT2D eigenvalue weighted by Crippen LogP contribution is -2.24. The number of hydrogen-bond acceptors (Lipinski definition) is 3. The van der Waals surface area contributed by atoms with Gasteiger partial charge in [-0.25, -0.2) is 0 Å². The van der Waals surface area contributed by atoms with Crippen molar-refractivity contribution in [2.24, 2.45) is 5.92 Å². The summed E-state index contributed by atoms with van der Waals surface area (Å²) in [5, 5.41) is 16.2. The molecule has 2 rings (SSSR count). The molecule has 0 bridgehead atoms. The Bertz CT molecular complexity index is 400. The average molecular weight is 276 g/mol. The molecule has 3 nitrogen and oxygen atoms in total. The van der Waals surface area contributed by atoms with Crippen molar-refractivity contribution in [1.29, 1.82) is 0 Å². The number of aryl methyl sites for hydroxylation is 1. The molecule has 112 valence electrons. The highest BCUT2D eigenvalue weighted by Gasteiger charge is 2.12. The van der Waals surface area contributed by atoms with E-state index in [1.54, 1.807) is 0 Å². The van der Waals surface area contributed by atoms with E-state index in [1.807, 2.05) is 0 Å². The van der Waals surface area contributed by atoms with Gasteiger partial charge in [0.15, 0.2) is 0 Å². The maximum absolute atomic E-state index is 9.10. The second-order valence-corrected chi connectivity index (χ2v) is 5.78. The summed E-state index contributed by atoms with van der Waals surface area (Å²) >= 11 is 0. The summed E-state index contributed by atoms with van der Waals surface area (Å²) in [4.78, 5) is 0. The van der Waals surface area contributed by atoms with Gasteiger partial charge in [0, 0.05) is 25.4 Å². The number of aliphatic hydroxyl groups excluding tert-OH is 1. The van der Waals surface area contributed by atoms with Crippen molar-refractivity contribution < 1.29 is 5.11 Å². The predicted molar refractivity (Wildman–Crippen MR) is 85.1 cm³/mol. The van der Waals surface area contributed by atoms with E-state index in [2.05, 4.69) is 35.8 Å². The fourth-order valence-electron chi connectivity index (χ4n) is 3.08.